The Morgan fingerprint density at radius 3 is 2.38 bits per heavy atom. The van der Waals surface area contributed by atoms with E-state index in [1.54, 1.807) is 12.1 Å². The van der Waals surface area contributed by atoms with Crippen LogP contribution in [0.25, 0.3) is 10.9 Å². The largest absolute Gasteiger partial charge is 0.297 e. The van der Waals surface area contributed by atoms with Gasteiger partial charge in [-0.3, -0.25) is 9.59 Å². The Balaban J connectivity index is 1.47. The zero-order chi connectivity index (χ0) is 16.3. The van der Waals surface area contributed by atoms with Gasteiger partial charge >= 0.3 is 0 Å². The predicted molar refractivity (Wildman–Crippen MR) is 89.4 cm³/mol. The van der Waals surface area contributed by atoms with E-state index in [0.29, 0.717) is 10.9 Å². The second-order valence-electron chi connectivity index (χ2n) is 8.19. The molecule has 1 aromatic carbocycles. The summed E-state index contributed by atoms with van der Waals surface area (Å²) in [5.74, 6) is 2.37. The molecular weight excluding hydrogens is 302 g/mol. The van der Waals surface area contributed by atoms with Gasteiger partial charge in [-0.2, -0.15) is 0 Å². The van der Waals surface area contributed by atoms with E-state index in [0.717, 1.165) is 37.0 Å². The highest BCUT2D eigenvalue weighted by atomic mass is 16.1. The van der Waals surface area contributed by atoms with Gasteiger partial charge < -0.3 is 0 Å². The quantitative estimate of drug-likeness (QED) is 0.871. The molecule has 124 valence electrons. The van der Waals surface area contributed by atoms with Crippen molar-refractivity contribution in [2.75, 3.05) is 0 Å². The number of ketones is 1. The lowest BCUT2D eigenvalue weighted by atomic mass is 9.48. The SMILES string of the molecule is O=C(Cn1nnc2ccccc2c1=O)C12CC3CC(CC(C3)C1)C2. The minimum absolute atomic E-state index is 0.0722. The van der Waals surface area contributed by atoms with Crippen molar-refractivity contribution in [1.82, 2.24) is 15.0 Å². The second-order valence-corrected chi connectivity index (χ2v) is 8.19. The first-order chi connectivity index (χ1) is 11.6. The molecule has 24 heavy (non-hydrogen) atoms. The Hall–Kier alpha value is -2.04. The molecule has 4 bridgehead atoms. The Morgan fingerprint density at radius 1 is 1.08 bits per heavy atom. The Labute approximate surface area is 140 Å². The topological polar surface area (TPSA) is 64.8 Å². The van der Waals surface area contributed by atoms with Crippen LogP contribution in [0.15, 0.2) is 29.1 Å². The Morgan fingerprint density at radius 2 is 1.71 bits per heavy atom. The van der Waals surface area contributed by atoms with Crippen molar-refractivity contribution in [3.63, 3.8) is 0 Å². The fraction of sp³-hybridized carbons (Fsp3) is 0.579. The third-order valence-corrected chi connectivity index (χ3v) is 6.55. The molecule has 0 spiro atoms. The average molecular weight is 323 g/mol. The van der Waals surface area contributed by atoms with Crippen LogP contribution in [0.5, 0.6) is 0 Å². The number of fused-ring (bicyclic) bond motifs is 1. The van der Waals surface area contributed by atoms with Gasteiger partial charge in [0.2, 0.25) is 0 Å². The molecule has 2 aromatic rings. The van der Waals surface area contributed by atoms with Crippen LogP contribution >= 0.6 is 0 Å². The van der Waals surface area contributed by atoms with Gasteiger partial charge in [-0.1, -0.05) is 17.3 Å². The van der Waals surface area contributed by atoms with E-state index in [-0.39, 0.29) is 23.3 Å². The van der Waals surface area contributed by atoms with Crippen molar-refractivity contribution in [1.29, 1.82) is 0 Å². The van der Waals surface area contributed by atoms with Crippen LogP contribution in [-0.4, -0.2) is 20.8 Å². The fourth-order valence-corrected chi connectivity index (χ4v) is 5.88. The van der Waals surface area contributed by atoms with E-state index in [9.17, 15) is 9.59 Å². The molecule has 0 amide bonds. The molecule has 4 fully saturated rings. The third-order valence-electron chi connectivity index (χ3n) is 6.55. The minimum Gasteiger partial charge on any atom is -0.297 e. The first-order valence-corrected chi connectivity index (χ1v) is 8.99. The minimum atomic E-state index is -0.210. The molecule has 0 unspecified atom stereocenters. The third kappa shape index (κ3) is 2.06. The molecule has 0 N–H and O–H groups in total. The summed E-state index contributed by atoms with van der Waals surface area (Å²) in [6.45, 7) is 0.0722. The summed E-state index contributed by atoms with van der Waals surface area (Å²) in [4.78, 5) is 25.7. The van der Waals surface area contributed by atoms with E-state index in [1.165, 1.54) is 23.9 Å². The van der Waals surface area contributed by atoms with Crippen LogP contribution in [0.4, 0.5) is 0 Å². The summed E-state index contributed by atoms with van der Waals surface area (Å²) in [6.07, 6.45) is 6.99. The first kappa shape index (κ1) is 14.3. The monoisotopic (exact) mass is 323 g/mol. The molecule has 1 aromatic heterocycles. The maximum absolute atomic E-state index is 13.1. The summed E-state index contributed by atoms with van der Waals surface area (Å²) in [5.41, 5.74) is 0.182. The summed E-state index contributed by atoms with van der Waals surface area (Å²) in [6, 6.07) is 7.17. The highest BCUT2D eigenvalue weighted by molar-refractivity contribution is 5.85. The zero-order valence-electron chi connectivity index (χ0n) is 13.6. The number of Topliss-reactive ketones (excluding diaryl/α,β-unsaturated/α-hetero) is 1. The van der Waals surface area contributed by atoms with Crippen molar-refractivity contribution in [2.24, 2.45) is 23.2 Å². The van der Waals surface area contributed by atoms with Crippen LogP contribution < -0.4 is 5.56 Å². The van der Waals surface area contributed by atoms with Gasteiger partial charge in [0.15, 0.2) is 5.78 Å². The number of benzene rings is 1. The maximum Gasteiger partial charge on any atom is 0.278 e. The van der Waals surface area contributed by atoms with Gasteiger partial charge in [0.1, 0.15) is 12.1 Å². The number of carbonyl (C=O) groups excluding carboxylic acids is 1. The number of hydrogen-bond acceptors (Lipinski definition) is 4. The number of rotatable bonds is 3. The molecule has 6 rings (SSSR count). The van der Waals surface area contributed by atoms with Crippen LogP contribution in [0, 0.1) is 23.2 Å². The van der Waals surface area contributed by atoms with Crippen molar-refractivity contribution in [2.45, 2.75) is 45.1 Å². The Kier molecular flexibility index (Phi) is 2.97. The molecular formula is C19H21N3O2. The van der Waals surface area contributed by atoms with Crippen LogP contribution in [-0.2, 0) is 11.3 Å². The van der Waals surface area contributed by atoms with Crippen molar-refractivity contribution < 1.29 is 4.79 Å². The predicted octanol–water partition coefficient (Wildman–Crippen LogP) is 2.58. The van der Waals surface area contributed by atoms with Crippen molar-refractivity contribution in [3.8, 4) is 0 Å². The summed E-state index contributed by atoms with van der Waals surface area (Å²) in [5, 5.41) is 8.64. The van der Waals surface area contributed by atoms with E-state index < -0.39 is 0 Å². The lowest BCUT2D eigenvalue weighted by molar-refractivity contribution is -0.144. The van der Waals surface area contributed by atoms with Crippen molar-refractivity contribution >= 4 is 16.7 Å². The lowest BCUT2D eigenvalue weighted by Gasteiger charge is -2.55. The fourth-order valence-electron chi connectivity index (χ4n) is 5.88. The van der Waals surface area contributed by atoms with Gasteiger partial charge in [-0.25, -0.2) is 4.68 Å². The molecule has 0 aliphatic heterocycles. The molecule has 5 nitrogen and oxygen atoms in total. The molecule has 1 heterocycles. The number of carbonyl (C=O) groups is 1. The summed E-state index contributed by atoms with van der Waals surface area (Å²) >= 11 is 0. The van der Waals surface area contributed by atoms with Gasteiger partial charge in [-0.05, 0) is 68.4 Å². The van der Waals surface area contributed by atoms with Gasteiger partial charge in [0.05, 0.1) is 5.39 Å². The van der Waals surface area contributed by atoms with Gasteiger partial charge in [-0.15, -0.1) is 5.10 Å². The Bertz CT molecular complexity index is 850. The number of aromatic nitrogens is 3. The molecule has 4 aliphatic carbocycles. The lowest BCUT2D eigenvalue weighted by Crippen LogP contribution is -2.51. The highest BCUT2D eigenvalue weighted by Gasteiger charge is 2.54. The van der Waals surface area contributed by atoms with E-state index in [1.807, 2.05) is 12.1 Å². The summed E-state index contributed by atoms with van der Waals surface area (Å²) < 4.78 is 1.27. The first-order valence-electron chi connectivity index (χ1n) is 8.99. The molecule has 5 heteroatoms. The van der Waals surface area contributed by atoms with Crippen LogP contribution in [0.2, 0.25) is 0 Å². The number of hydrogen-bond donors (Lipinski definition) is 0. The molecule has 0 radical (unpaired) electrons. The summed E-state index contributed by atoms with van der Waals surface area (Å²) in [7, 11) is 0. The van der Waals surface area contributed by atoms with E-state index in [2.05, 4.69) is 10.3 Å². The smallest absolute Gasteiger partial charge is 0.278 e. The second kappa shape index (κ2) is 4.98. The van der Waals surface area contributed by atoms with Crippen LogP contribution in [0.1, 0.15) is 38.5 Å². The van der Waals surface area contributed by atoms with E-state index in [4.69, 9.17) is 0 Å². The van der Waals surface area contributed by atoms with Crippen molar-refractivity contribution in [3.05, 3.63) is 34.6 Å². The average Bonchev–Trinajstić information content (AvgIpc) is 2.56. The molecule has 0 atom stereocenters. The number of nitrogens with zero attached hydrogens (tertiary/aromatic N) is 3. The highest BCUT2D eigenvalue weighted by Crippen LogP contribution is 2.60. The van der Waals surface area contributed by atoms with E-state index >= 15 is 0 Å². The normalized spacial score (nSPS) is 33.9. The maximum atomic E-state index is 13.1. The standard InChI is InChI=1S/C19H21N3O2/c23-17(19-8-12-5-13(9-19)7-14(6-12)10-19)11-22-18(24)15-3-1-2-4-16(15)20-21-22/h1-4,12-14H,5-11H2. The molecule has 4 saturated carbocycles. The molecule has 0 saturated heterocycles. The van der Waals surface area contributed by atoms with Gasteiger partial charge in [0, 0.05) is 5.41 Å². The van der Waals surface area contributed by atoms with Gasteiger partial charge in [0.25, 0.3) is 5.56 Å². The molecule has 4 aliphatic rings. The zero-order valence-corrected chi connectivity index (χ0v) is 13.6. The van der Waals surface area contributed by atoms with Crippen LogP contribution in [0.3, 0.4) is 0 Å².